The molecule has 2 N–H and O–H groups in total. The minimum Gasteiger partial charge on any atom is -0.381 e. The van der Waals surface area contributed by atoms with Crippen LogP contribution in [0.15, 0.2) is 16.9 Å². The van der Waals surface area contributed by atoms with Crippen LogP contribution in [0.1, 0.15) is 24.8 Å². The SMILES string of the molecule is O=c1[nH]c(NCC2CCCOCC2)ccc1C(F)(F)F. The molecule has 4 nitrogen and oxygen atoms in total. The second-order valence-electron chi connectivity index (χ2n) is 4.90. The summed E-state index contributed by atoms with van der Waals surface area (Å²) in [5.74, 6) is 0.719. The normalized spacial score (nSPS) is 20.4. The summed E-state index contributed by atoms with van der Waals surface area (Å²) in [7, 11) is 0. The molecule has 0 aromatic carbocycles. The van der Waals surface area contributed by atoms with E-state index in [-0.39, 0.29) is 0 Å². The van der Waals surface area contributed by atoms with Crippen molar-refractivity contribution in [1.82, 2.24) is 4.98 Å². The molecule has 1 aromatic rings. The molecule has 1 aliphatic heterocycles. The highest BCUT2D eigenvalue weighted by Gasteiger charge is 2.33. The van der Waals surface area contributed by atoms with Crippen molar-refractivity contribution in [3.63, 3.8) is 0 Å². The zero-order valence-electron chi connectivity index (χ0n) is 10.9. The number of pyridine rings is 1. The van der Waals surface area contributed by atoms with Crippen molar-refractivity contribution in [2.75, 3.05) is 25.1 Å². The molecule has 7 heteroatoms. The zero-order valence-corrected chi connectivity index (χ0v) is 10.9. The van der Waals surface area contributed by atoms with E-state index < -0.39 is 17.3 Å². The van der Waals surface area contributed by atoms with Crippen LogP contribution in [0.25, 0.3) is 0 Å². The molecule has 2 heterocycles. The summed E-state index contributed by atoms with van der Waals surface area (Å²) >= 11 is 0. The van der Waals surface area contributed by atoms with Gasteiger partial charge in [0.1, 0.15) is 11.4 Å². The quantitative estimate of drug-likeness (QED) is 0.899. The number of ether oxygens (including phenoxy) is 1. The fraction of sp³-hybridized carbons (Fsp3) is 0.615. The van der Waals surface area contributed by atoms with Gasteiger partial charge in [-0.3, -0.25) is 4.79 Å². The second kappa shape index (κ2) is 6.30. The average molecular weight is 290 g/mol. The molecule has 1 aliphatic rings. The van der Waals surface area contributed by atoms with Crippen LogP contribution in [0, 0.1) is 5.92 Å². The zero-order chi connectivity index (χ0) is 14.6. The van der Waals surface area contributed by atoms with Crippen molar-refractivity contribution in [2.24, 2.45) is 5.92 Å². The van der Waals surface area contributed by atoms with Crippen molar-refractivity contribution < 1.29 is 17.9 Å². The van der Waals surface area contributed by atoms with Gasteiger partial charge < -0.3 is 15.0 Å². The number of aromatic amines is 1. The van der Waals surface area contributed by atoms with Crippen LogP contribution in [0.5, 0.6) is 0 Å². The number of nitrogens with one attached hydrogen (secondary N) is 2. The standard InChI is InChI=1S/C13H17F3N2O2/c14-13(15,16)10-3-4-11(18-12(10)19)17-8-9-2-1-6-20-7-5-9/h3-4,9H,1-2,5-8H2,(H2,17,18,19). The van der Waals surface area contributed by atoms with Gasteiger partial charge in [0, 0.05) is 19.8 Å². The maximum atomic E-state index is 12.4. The van der Waals surface area contributed by atoms with Crippen LogP contribution >= 0.6 is 0 Å². The second-order valence-corrected chi connectivity index (χ2v) is 4.90. The van der Waals surface area contributed by atoms with Crippen molar-refractivity contribution >= 4 is 5.82 Å². The summed E-state index contributed by atoms with van der Waals surface area (Å²) in [6, 6.07) is 2.05. The molecule has 1 saturated heterocycles. The molecule has 1 aromatic heterocycles. The van der Waals surface area contributed by atoms with Gasteiger partial charge in [-0.15, -0.1) is 0 Å². The van der Waals surface area contributed by atoms with E-state index in [2.05, 4.69) is 10.3 Å². The number of halogens is 3. The van der Waals surface area contributed by atoms with E-state index >= 15 is 0 Å². The van der Waals surface area contributed by atoms with Crippen molar-refractivity contribution in [2.45, 2.75) is 25.4 Å². The summed E-state index contributed by atoms with van der Waals surface area (Å²) in [4.78, 5) is 13.6. The first-order valence-electron chi connectivity index (χ1n) is 6.59. The molecule has 1 unspecified atom stereocenters. The lowest BCUT2D eigenvalue weighted by atomic mass is 10.0. The lowest BCUT2D eigenvalue weighted by Crippen LogP contribution is -2.23. The van der Waals surface area contributed by atoms with Crippen molar-refractivity contribution in [3.8, 4) is 0 Å². The van der Waals surface area contributed by atoms with Crippen LogP contribution in [0.3, 0.4) is 0 Å². The van der Waals surface area contributed by atoms with Crippen LogP contribution in [-0.4, -0.2) is 24.7 Å². The molecule has 1 atom stereocenters. The van der Waals surface area contributed by atoms with Crippen LogP contribution < -0.4 is 10.9 Å². The molecule has 0 spiro atoms. The average Bonchev–Trinajstić information content (AvgIpc) is 2.63. The topological polar surface area (TPSA) is 54.1 Å². The van der Waals surface area contributed by atoms with E-state index in [9.17, 15) is 18.0 Å². The summed E-state index contributed by atoms with van der Waals surface area (Å²) in [5.41, 5.74) is -2.29. The van der Waals surface area contributed by atoms with E-state index in [4.69, 9.17) is 4.74 Å². The molecule has 0 amide bonds. The largest absolute Gasteiger partial charge is 0.421 e. The Bertz CT molecular complexity index is 491. The number of H-pyrrole nitrogens is 1. The third-order valence-corrected chi connectivity index (χ3v) is 3.37. The van der Waals surface area contributed by atoms with E-state index in [1.54, 1.807) is 0 Å². The van der Waals surface area contributed by atoms with Gasteiger partial charge in [0.05, 0.1) is 0 Å². The van der Waals surface area contributed by atoms with E-state index in [1.165, 1.54) is 6.07 Å². The summed E-state index contributed by atoms with van der Waals surface area (Å²) in [6.07, 6.45) is -1.71. The molecular weight excluding hydrogens is 273 g/mol. The summed E-state index contributed by atoms with van der Waals surface area (Å²) in [5, 5.41) is 2.98. The Morgan fingerprint density at radius 2 is 2.10 bits per heavy atom. The first kappa shape index (κ1) is 14.9. The third-order valence-electron chi connectivity index (χ3n) is 3.37. The summed E-state index contributed by atoms with van der Waals surface area (Å²) < 4.78 is 42.7. The molecule has 112 valence electrons. The maximum absolute atomic E-state index is 12.4. The molecule has 0 bridgehead atoms. The monoisotopic (exact) mass is 290 g/mol. The number of anilines is 1. The highest BCUT2D eigenvalue weighted by Crippen LogP contribution is 2.26. The van der Waals surface area contributed by atoms with Gasteiger partial charge in [-0.1, -0.05) is 0 Å². The Hall–Kier alpha value is -1.50. The van der Waals surface area contributed by atoms with E-state index in [0.29, 0.717) is 24.9 Å². The fourth-order valence-electron chi connectivity index (χ4n) is 2.23. The van der Waals surface area contributed by atoms with Crippen molar-refractivity contribution in [1.29, 1.82) is 0 Å². The Balaban J connectivity index is 1.96. The predicted molar refractivity (Wildman–Crippen MR) is 68.7 cm³/mol. The third kappa shape index (κ3) is 4.00. The Labute approximate surface area is 114 Å². The van der Waals surface area contributed by atoms with Crippen LogP contribution in [0.2, 0.25) is 0 Å². The Morgan fingerprint density at radius 1 is 1.30 bits per heavy atom. The first-order chi connectivity index (χ1) is 9.47. The van der Waals surface area contributed by atoms with E-state index in [0.717, 1.165) is 31.9 Å². The molecule has 0 aliphatic carbocycles. The minimum atomic E-state index is -4.62. The first-order valence-corrected chi connectivity index (χ1v) is 6.59. The van der Waals surface area contributed by atoms with Gasteiger partial charge in [0.2, 0.25) is 0 Å². The smallest absolute Gasteiger partial charge is 0.381 e. The Morgan fingerprint density at radius 3 is 2.80 bits per heavy atom. The van der Waals surface area contributed by atoms with E-state index in [1.807, 2.05) is 0 Å². The fourth-order valence-corrected chi connectivity index (χ4v) is 2.23. The molecule has 0 radical (unpaired) electrons. The highest BCUT2D eigenvalue weighted by molar-refractivity contribution is 5.36. The molecular formula is C13H17F3N2O2. The van der Waals surface area contributed by atoms with Gasteiger partial charge in [-0.2, -0.15) is 13.2 Å². The molecule has 20 heavy (non-hydrogen) atoms. The minimum absolute atomic E-state index is 0.313. The van der Waals surface area contributed by atoms with Gasteiger partial charge in [-0.05, 0) is 37.3 Å². The number of rotatable bonds is 3. The lowest BCUT2D eigenvalue weighted by molar-refractivity contribution is -0.138. The highest BCUT2D eigenvalue weighted by atomic mass is 19.4. The van der Waals surface area contributed by atoms with Crippen LogP contribution in [0.4, 0.5) is 19.0 Å². The number of aromatic nitrogens is 1. The van der Waals surface area contributed by atoms with Gasteiger partial charge in [0.15, 0.2) is 0 Å². The van der Waals surface area contributed by atoms with Gasteiger partial charge >= 0.3 is 6.18 Å². The maximum Gasteiger partial charge on any atom is 0.421 e. The summed E-state index contributed by atoms with van der Waals surface area (Å²) in [6.45, 7) is 2.08. The Kier molecular flexibility index (Phi) is 4.69. The predicted octanol–water partition coefficient (Wildman–Crippen LogP) is 2.62. The molecule has 2 rings (SSSR count). The van der Waals surface area contributed by atoms with Crippen molar-refractivity contribution in [3.05, 3.63) is 28.0 Å². The number of hydrogen-bond acceptors (Lipinski definition) is 3. The number of alkyl halides is 3. The number of hydrogen-bond donors (Lipinski definition) is 2. The molecule has 0 saturated carbocycles. The van der Waals surface area contributed by atoms with Crippen LogP contribution in [-0.2, 0) is 10.9 Å². The lowest BCUT2D eigenvalue weighted by Gasteiger charge is -2.15. The van der Waals surface area contributed by atoms with Gasteiger partial charge in [0.25, 0.3) is 5.56 Å². The molecule has 1 fully saturated rings. The van der Waals surface area contributed by atoms with Gasteiger partial charge in [-0.25, -0.2) is 0 Å².